The summed E-state index contributed by atoms with van der Waals surface area (Å²) in [7, 11) is 0. The largest absolute Gasteiger partial charge is 0.416 e. The Balaban J connectivity index is 1.61. The van der Waals surface area contributed by atoms with Crippen LogP contribution in [0.25, 0.3) is 11.1 Å². The second-order valence-corrected chi connectivity index (χ2v) is 7.79. The van der Waals surface area contributed by atoms with Crippen LogP contribution in [0, 0.1) is 12.9 Å². The average molecular weight is 459 g/mol. The molecular formula is C24H21F4N3O2. The molecule has 0 saturated carbocycles. The number of carbonyl (C=O) groups is 1. The number of aromatic nitrogens is 2. The van der Waals surface area contributed by atoms with Gasteiger partial charge in [0.2, 0.25) is 5.95 Å². The van der Waals surface area contributed by atoms with Crippen LogP contribution < -0.4 is 4.90 Å². The average Bonchev–Trinajstić information content (AvgIpc) is 2.81. The first-order chi connectivity index (χ1) is 15.7. The summed E-state index contributed by atoms with van der Waals surface area (Å²) >= 11 is 0. The van der Waals surface area contributed by atoms with Crippen molar-refractivity contribution < 1.29 is 27.1 Å². The number of pyridine rings is 2. The number of hydrogen-bond donors (Lipinski definition) is 0. The molecule has 1 aliphatic rings. The Kier molecular flexibility index (Phi) is 6.42. The fourth-order valence-electron chi connectivity index (χ4n) is 3.73. The van der Waals surface area contributed by atoms with Gasteiger partial charge in [-0.1, -0.05) is 12.1 Å². The minimum Gasteiger partial charge on any atom is -0.378 e. The first-order valence-electron chi connectivity index (χ1n) is 10.4. The molecule has 3 heterocycles. The number of benzene rings is 1. The Bertz CT molecular complexity index is 1170. The van der Waals surface area contributed by atoms with Gasteiger partial charge >= 0.3 is 6.18 Å². The van der Waals surface area contributed by atoms with E-state index in [1.54, 1.807) is 19.1 Å². The van der Waals surface area contributed by atoms with Crippen molar-refractivity contribution in [1.29, 1.82) is 0 Å². The van der Waals surface area contributed by atoms with Crippen LogP contribution in [0.5, 0.6) is 0 Å². The number of ether oxygens (including phenoxy) is 1. The number of ketones is 1. The number of anilines is 1. The highest BCUT2D eigenvalue weighted by molar-refractivity contribution is 5.97. The molecule has 0 atom stereocenters. The SMILES string of the molecule is Cc1ncc(CC(=O)c2cccc(C(F)(F)F)c2)cc1-c1cnc(F)c(N2CCOCC2)c1. The Morgan fingerprint density at radius 2 is 1.85 bits per heavy atom. The number of morpholine rings is 1. The van der Waals surface area contributed by atoms with Gasteiger partial charge in [0.15, 0.2) is 5.78 Å². The predicted octanol–water partition coefficient (Wildman–Crippen LogP) is 4.87. The van der Waals surface area contributed by atoms with Crippen molar-refractivity contribution >= 4 is 11.5 Å². The van der Waals surface area contributed by atoms with Crippen LogP contribution in [0.3, 0.4) is 0 Å². The summed E-state index contributed by atoms with van der Waals surface area (Å²) in [6.45, 7) is 3.87. The maximum absolute atomic E-state index is 14.4. The predicted molar refractivity (Wildman–Crippen MR) is 115 cm³/mol. The molecule has 0 unspecified atom stereocenters. The lowest BCUT2D eigenvalue weighted by Gasteiger charge is -2.29. The van der Waals surface area contributed by atoms with Gasteiger partial charge < -0.3 is 9.64 Å². The van der Waals surface area contributed by atoms with Gasteiger partial charge in [-0.25, -0.2) is 4.98 Å². The zero-order valence-electron chi connectivity index (χ0n) is 17.8. The maximum atomic E-state index is 14.4. The molecule has 9 heteroatoms. The fourth-order valence-corrected chi connectivity index (χ4v) is 3.73. The molecule has 3 aromatic rings. The van der Waals surface area contributed by atoms with E-state index < -0.39 is 23.5 Å². The van der Waals surface area contributed by atoms with E-state index in [-0.39, 0.29) is 12.0 Å². The Hall–Kier alpha value is -3.33. The standard InChI is InChI=1S/C24H21F4N3O2/c1-15-20(18-12-21(23(25)30-14-18)31-5-7-33-8-6-31)9-16(13-29-15)10-22(32)17-3-2-4-19(11-17)24(26,27)28/h2-4,9,11-14H,5-8,10H2,1H3. The summed E-state index contributed by atoms with van der Waals surface area (Å²) in [5.74, 6) is -1.04. The molecule has 4 rings (SSSR count). The molecule has 1 aliphatic heterocycles. The third kappa shape index (κ3) is 5.19. The van der Waals surface area contributed by atoms with Crippen LogP contribution in [-0.4, -0.2) is 42.1 Å². The van der Waals surface area contributed by atoms with Crippen LogP contribution in [0.1, 0.15) is 27.2 Å². The summed E-state index contributed by atoms with van der Waals surface area (Å²) in [6, 6.07) is 7.78. The van der Waals surface area contributed by atoms with E-state index in [1.165, 1.54) is 24.5 Å². The van der Waals surface area contributed by atoms with Crippen molar-refractivity contribution in [2.75, 3.05) is 31.2 Å². The fraction of sp³-hybridized carbons (Fsp3) is 0.292. The van der Waals surface area contributed by atoms with E-state index in [4.69, 9.17) is 4.74 Å². The minimum atomic E-state index is -4.53. The second-order valence-electron chi connectivity index (χ2n) is 7.79. The van der Waals surface area contributed by atoms with Crippen molar-refractivity contribution in [3.05, 3.63) is 77.1 Å². The van der Waals surface area contributed by atoms with Gasteiger partial charge in [0.05, 0.1) is 24.5 Å². The smallest absolute Gasteiger partial charge is 0.378 e. The molecule has 2 aromatic heterocycles. The van der Waals surface area contributed by atoms with Crippen molar-refractivity contribution in [2.24, 2.45) is 0 Å². The maximum Gasteiger partial charge on any atom is 0.416 e. The highest BCUT2D eigenvalue weighted by Crippen LogP contribution is 2.31. The number of rotatable bonds is 5. The van der Waals surface area contributed by atoms with Gasteiger partial charge in [-0.05, 0) is 36.8 Å². The monoisotopic (exact) mass is 459 g/mol. The Labute approximate surface area is 188 Å². The van der Waals surface area contributed by atoms with E-state index >= 15 is 0 Å². The highest BCUT2D eigenvalue weighted by atomic mass is 19.4. The van der Waals surface area contributed by atoms with Gasteiger partial charge in [0.1, 0.15) is 0 Å². The first-order valence-corrected chi connectivity index (χ1v) is 10.4. The number of carbonyl (C=O) groups excluding carboxylic acids is 1. The van der Waals surface area contributed by atoms with Gasteiger partial charge in [-0.3, -0.25) is 9.78 Å². The van der Waals surface area contributed by atoms with Gasteiger partial charge in [-0.15, -0.1) is 0 Å². The normalized spacial score (nSPS) is 14.4. The second kappa shape index (κ2) is 9.27. The summed E-state index contributed by atoms with van der Waals surface area (Å²) in [5, 5.41) is 0. The molecule has 5 nitrogen and oxygen atoms in total. The van der Waals surface area contributed by atoms with Crippen molar-refractivity contribution in [3.8, 4) is 11.1 Å². The zero-order chi connectivity index (χ0) is 23.6. The third-order valence-corrected chi connectivity index (χ3v) is 5.50. The lowest BCUT2D eigenvalue weighted by Crippen LogP contribution is -2.36. The van der Waals surface area contributed by atoms with Crippen molar-refractivity contribution in [2.45, 2.75) is 19.5 Å². The first kappa shape index (κ1) is 22.8. The van der Waals surface area contributed by atoms with Crippen molar-refractivity contribution in [1.82, 2.24) is 9.97 Å². The zero-order valence-corrected chi connectivity index (χ0v) is 17.8. The number of nitrogens with zero attached hydrogens (tertiary/aromatic N) is 3. The van der Waals surface area contributed by atoms with E-state index in [0.717, 1.165) is 12.1 Å². The van der Waals surface area contributed by atoms with Crippen LogP contribution >= 0.6 is 0 Å². The lowest BCUT2D eigenvalue weighted by atomic mass is 9.98. The topological polar surface area (TPSA) is 55.3 Å². The van der Waals surface area contributed by atoms with Crippen LogP contribution in [0.4, 0.5) is 23.2 Å². The summed E-state index contributed by atoms with van der Waals surface area (Å²) in [6.07, 6.45) is -1.72. The number of aryl methyl sites for hydroxylation is 1. The quantitative estimate of drug-likeness (QED) is 0.310. The molecule has 0 radical (unpaired) electrons. The number of Topliss-reactive ketones (excluding diaryl/α,β-unsaturated/α-hetero) is 1. The molecule has 0 aliphatic carbocycles. The summed E-state index contributed by atoms with van der Waals surface area (Å²) in [5.41, 5.74) is 1.97. The lowest BCUT2D eigenvalue weighted by molar-refractivity contribution is -0.137. The number of hydrogen-bond acceptors (Lipinski definition) is 5. The molecule has 172 valence electrons. The summed E-state index contributed by atoms with van der Waals surface area (Å²) in [4.78, 5) is 22.7. The molecule has 33 heavy (non-hydrogen) atoms. The van der Waals surface area contributed by atoms with Crippen LogP contribution in [0.2, 0.25) is 0 Å². The molecular weight excluding hydrogens is 438 g/mol. The highest BCUT2D eigenvalue weighted by Gasteiger charge is 2.31. The van der Waals surface area contributed by atoms with Gasteiger partial charge in [0.25, 0.3) is 0 Å². The van der Waals surface area contributed by atoms with E-state index in [0.29, 0.717) is 54.4 Å². The molecule has 0 bridgehead atoms. The molecule has 0 N–H and O–H groups in total. The molecule has 1 aromatic carbocycles. The van der Waals surface area contributed by atoms with E-state index in [9.17, 15) is 22.4 Å². The Morgan fingerprint density at radius 1 is 1.09 bits per heavy atom. The molecule has 0 spiro atoms. The van der Waals surface area contributed by atoms with E-state index in [1.807, 2.05) is 4.90 Å². The Morgan fingerprint density at radius 3 is 2.58 bits per heavy atom. The number of halogens is 4. The van der Waals surface area contributed by atoms with Crippen LogP contribution in [-0.2, 0) is 17.3 Å². The molecule has 1 saturated heterocycles. The van der Waals surface area contributed by atoms with Crippen molar-refractivity contribution in [3.63, 3.8) is 0 Å². The minimum absolute atomic E-state index is 0.0231. The van der Waals surface area contributed by atoms with Crippen LogP contribution in [0.15, 0.2) is 48.8 Å². The molecule has 1 fully saturated rings. The van der Waals surface area contributed by atoms with E-state index in [2.05, 4.69) is 9.97 Å². The molecule has 0 amide bonds. The number of alkyl halides is 3. The van der Waals surface area contributed by atoms with Gasteiger partial charge in [-0.2, -0.15) is 17.6 Å². The summed E-state index contributed by atoms with van der Waals surface area (Å²) < 4.78 is 58.6. The third-order valence-electron chi connectivity index (χ3n) is 5.50. The van der Waals surface area contributed by atoms with Gasteiger partial charge in [0, 0.05) is 54.3 Å².